The second kappa shape index (κ2) is 8.56. The molecule has 0 bridgehead atoms. The summed E-state index contributed by atoms with van der Waals surface area (Å²) in [7, 11) is 0. The van der Waals surface area contributed by atoms with Gasteiger partial charge in [0.2, 0.25) is 0 Å². The molecule has 0 saturated carbocycles. The summed E-state index contributed by atoms with van der Waals surface area (Å²) in [5.41, 5.74) is 5.57. The van der Waals surface area contributed by atoms with Crippen molar-refractivity contribution in [2.75, 3.05) is 0 Å². The molecule has 1 N–H and O–H groups in total. The molecule has 2 heteroatoms. The molecule has 0 aliphatic carbocycles. The van der Waals surface area contributed by atoms with Crippen molar-refractivity contribution in [3.63, 3.8) is 0 Å². The van der Waals surface area contributed by atoms with Gasteiger partial charge in [-0.2, -0.15) is 0 Å². The lowest BCUT2D eigenvalue weighted by molar-refractivity contribution is 0.0999. The third-order valence-electron chi connectivity index (χ3n) is 5.90. The Balaban J connectivity index is 2.91. The van der Waals surface area contributed by atoms with E-state index in [4.69, 9.17) is 0 Å². The van der Waals surface area contributed by atoms with Crippen molar-refractivity contribution in [3.05, 3.63) is 58.9 Å². The highest BCUT2D eigenvalue weighted by molar-refractivity contribution is 5.72. The molecule has 2 rings (SSSR count). The van der Waals surface area contributed by atoms with Gasteiger partial charge in [0.05, 0.1) is 6.10 Å². The number of hydrogen-bond acceptors (Lipinski definition) is 1. The minimum absolute atomic E-state index is 0.226. The molecule has 0 aliphatic rings. The van der Waals surface area contributed by atoms with Crippen molar-refractivity contribution in [1.29, 1.82) is 0 Å². The average molecular weight is 371 g/mol. The van der Waals surface area contributed by atoms with Crippen molar-refractivity contribution < 1.29 is 9.50 Å². The first-order chi connectivity index (χ1) is 12.6. The van der Waals surface area contributed by atoms with Crippen molar-refractivity contribution >= 4 is 0 Å². The summed E-state index contributed by atoms with van der Waals surface area (Å²) in [5.74, 6) is 0.517. The smallest absolute Gasteiger partial charge is 0.123 e. The van der Waals surface area contributed by atoms with E-state index in [1.807, 2.05) is 19.1 Å². The molecule has 0 aromatic heterocycles. The second-order valence-corrected chi connectivity index (χ2v) is 8.69. The first kappa shape index (κ1) is 21.6. The van der Waals surface area contributed by atoms with Crippen LogP contribution < -0.4 is 0 Å². The molecule has 0 radical (unpaired) electrons. The van der Waals surface area contributed by atoms with Crippen LogP contribution in [0.25, 0.3) is 11.1 Å². The lowest BCUT2D eigenvalue weighted by Gasteiger charge is -2.38. The van der Waals surface area contributed by atoms with Crippen molar-refractivity contribution in [3.8, 4) is 11.1 Å². The van der Waals surface area contributed by atoms with E-state index in [1.54, 1.807) is 0 Å². The largest absolute Gasteiger partial charge is 0.393 e. The van der Waals surface area contributed by atoms with Gasteiger partial charge in [-0.1, -0.05) is 72.2 Å². The van der Waals surface area contributed by atoms with E-state index in [2.05, 4.69) is 53.7 Å². The maximum absolute atomic E-state index is 13.6. The minimum Gasteiger partial charge on any atom is -0.393 e. The number of benzene rings is 2. The Labute approximate surface area is 164 Å². The van der Waals surface area contributed by atoms with Crippen LogP contribution in [0.15, 0.2) is 36.4 Å². The van der Waals surface area contributed by atoms with E-state index in [-0.39, 0.29) is 11.2 Å². The monoisotopic (exact) mass is 370 g/mol. The lowest BCUT2D eigenvalue weighted by Crippen LogP contribution is -2.36. The van der Waals surface area contributed by atoms with Crippen LogP contribution in [-0.4, -0.2) is 11.2 Å². The molecule has 148 valence electrons. The normalized spacial score (nSPS) is 15.2. The summed E-state index contributed by atoms with van der Waals surface area (Å²) in [4.78, 5) is 0. The predicted molar refractivity (Wildman–Crippen MR) is 114 cm³/mol. The van der Waals surface area contributed by atoms with Gasteiger partial charge in [0, 0.05) is 5.41 Å². The van der Waals surface area contributed by atoms with E-state index in [0.29, 0.717) is 11.8 Å². The Hall–Kier alpha value is -1.67. The molecule has 2 unspecified atom stereocenters. The Morgan fingerprint density at radius 3 is 2.00 bits per heavy atom. The summed E-state index contributed by atoms with van der Waals surface area (Å²) < 4.78 is 13.6. The Morgan fingerprint density at radius 2 is 1.56 bits per heavy atom. The van der Waals surface area contributed by atoms with Gasteiger partial charge in [0.1, 0.15) is 5.82 Å². The molecule has 2 aromatic carbocycles. The lowest BCUT2D eigenvalue weighted by atomic mass is 9.68. The van der Waals surface area contributed by atoms with E-state index >= 15 is 0 Å². The van der Waals surface area contributed by atoms with E-state index in [1.165, 1.54) is 28.8 Å². The van der Waals surface area contributed by atoms with Crippen LogP contribution in [0.5, 0.6) is 0 Å². The van der Waals surface area contributed by atoms with Crippen LogP contribution in [-0.2, 0) is 5.41 Å². The van der Waals surface area contributed by atoms with Gasteiger partial charge in [0.15, 0.2) is 0 Å². The summed E-state index contributed by atoms with van der Waals surface area (Å²) in [5, 5.41) is 10.8. The number of hydrogen-bond donors (Lipinski definition) is 1. The molecule has 2 aromatic rings. The molecule has 0 aliphatic heterocycles. The molecule has 0 heterocycles. The van der Waals surface area contributed by atoms with Crippen LogP contribution in [0, 0.1) is 5.82 Å². The van der Waals surface area contributed by atoms with E-state index < -0.39 is 6.10 Å². The van der Waals surface area contributed by atoms with Gasteiger partial charge >= 0.3 is 0 Å². The average Bonchev–Trinajstić information content (AvgIpc) is 2.61. The van der Waals surface area contributed by atoms with Crippen molar-refractivity contribution in [1.82, 2.24) is 0 Å². The van der Waals surface area contributed by atoms with Gasteiger partial charge in [-0.05, 0) is 65.1 Å². The van der Waals surface area contributed by atoms with Crippen molar-refractivity contribution in [2.45, 2.75) is 84.7 Å². The molecule has 0 saturated heterocycles. The van der Waals surface area contributed by atoms with Gasteiger partial charge < -0.3 is 5.11 Å². The number of halogens is 1. The standard InChI is InChI=1S/C25H35FO/c1-8-13-25(7,18(6)27)24-22(17(4)5)14-20(16(2)3)15-23(24)19-9-11-21(26)12-10-19/h9-12,14-18,27H,8,13H2,1-7H3. The van der Waals surface area contributed by atoms with Crippen LogP contribution in [0.2, 0.25) is 0 Å². The quantitative estimate of drug-likeness (QED) is 0.547. The minimum atomic E-state index is -0.473. The maximum atomic E-state index is 13.6. The summed E-state index contributed by atoms with van der Waals surface area (Å²) >= 11 is 0. The fraction of sp³-hybridized carbons (Fsp3) is 0.520. The SMILES string of the molecule is CCCC(C)(c1c(-c2ccc(F)cc2)cc(C(C)C)cc1C(C)C)C(C)O. The zero-order valence-corrected chi connectivity index (χ0v) is 17.9. The third-order valence-corrected chi connectivity index (χ3v) is 5.90. The van der Waals surface area contributed by atoms with Gasteiger partial charge in [-0.15, -0.1) is 0 Å². The zero-order valence-electron chi connectivity index (χ0n) is 17.9. The van der Waals surface area contributed by atoms with E-state index in [9.17, 15) is 9.50 Å². The fourth-order valence-electron chi connectivity index (χ4n) is 4.03. The molecular formula is C25H35FO. The highest BCUT2D eigenvalue weighted by atomic mass is 19.1. The third kappa shape index (κ3) is 4.43. The topological polar surface area (TPSA) is 20.2 Å². The second-order valence-electron chi connectivity index (χ2n) is 8.69. The molecule has 0 amide bonds. The highest BCUT2D eigenvalue weighted by Gasteiger charge is 2.36. The maximum Gasteiger partial charge on any atom is 0.123 e. The Bertz CT molecular complexity index is 759. The first-order valence-electron chi connectivity index (χ1n) is 10.2. The Morgan fingerprint density at radius 1 is 0.963 bits per heavy atom. The zero-order chi connectivity index (χ0) is 20.4. The predicted octanol–water partition coefficient (Wildman–Crippen LogP) is 7.18. The van der Waals surface area contributed by atoms with Crippen molar-refractivity contribution in [2.24, 2.45) is 0 Å². The van der Waals surface area contributed by atoms with Gasteiger partial charge in [0.25, 0.3) is 0 Å². The Kier molecular flexibility index (Phi) is 6.86. The van der Waals surface area contributed by atoms with Crippen LogP contribution in [0.4, 0.5) is 4.39 Å². The summed E-state index contributed by atoms with van der Waals surface area (Å²) in [6, 6.07) is 11.3. The summed E-state index contributed by atoms with van der Waals surface area (Å²) in [6.45, 7) is 15.1. The van der Waals surface area contributed by atoms with E-state index in [0.717, 1.165) is 24.0 Å². The van der Waals surface area contributed by atoms with Gasteiger partial charge in [-0.3, -0.25) is 0 Å². The molecule has 0 fully saturated rings. The molecule has 1 nitrogen and oxygen atoms in total. The molecule has 27 heavy (non-hydrogen) atoms. The van der Waals surface area contributed by atoms with Crippen LogP contribution in [0.3, 0.4) is 0 Å². The highest BCUT2D eigenvalue weighted by Crippen LogP contribution is 2.44. The fourth-order valence-corrected chi connectivity index (χ4v) is 4.03. The number of rotatable bonds is 7. The number of aliphatic hydroxyl groups is 1. The molecule has 2 atom stereocenters. The number of aliphatic hydroxyl groups excluding tert-OH is 1. The molecule has 0 spiro atoms. The molecular weight excluding hydrogens is 335 g/mol. The van der Waals surface area contributed by atoms with Crippen LogP contribution >= 0.6 is 0 Å². The first-order valence-corrected chi connectivity index (χ1v) is 10.2. The van der Waals surface area contributed by atoms with Crippen LogP contribution in [0.1, 0.15) is 89.8 Å². The summed E-state index contributed by atoms with van der Waals surface area (Å²) in [6.07, 6.45) is 1.42. The van der Waals surface area contributed by atoms with Gasteiger partial charge in [-0.25, -0.2) is 4.39 Å².